The van der Waals surface area contributed by atoms with Crippen molar-refractivity contribution in [2.45, 2.75) is 19.4 Å². The summed E-state index contributed by atoms with van der Waals surface area (Å²) in [5.41, 5.74) is 0.817. The van der Waals surface area contributed by atoms with Gasteiger partial charge in [-0.1, -0.05) is 30.3 Å². The number of Topliss-reactive ketones (excluding diaryl/α,β-unsaturated/α-hetero) is 1. The number of halogens is 1. The van der Waals surface area contributed by atoms with Crippen molar-refractivity contribution in [3.8, 4) is 0 Å². The SMILES string of the molecule is CN(CCCC(=O)c1ccccc1)Cc1cc(Br)cs1. The van der Waals surface area contributed by atoms with E-state index in [4.69, 9.17) is 0 Å². The van der Waals surface area contributed by atoms with E-state index >= 15 is 0 Å². The van der Waals surface area contributed by atoms with E-state index in [2.05, 4.69) is 39.3 Å². The zero-order valence-corrected chi connectivity index (χ0v) is 13.9. The topological polar surface area (TPSA) is 20.3 Å². The molecule has 20 heavy (non-hydrogen) atoms. The minimum absolute atomic E-state index is 0.234. The summed E-state index contributed by atoms with van der Waals surface area (Å²) in [6, 6.07) is 11.7. The van der Waals surface area contributed by atoms with Crippen LogP contribution >= 0.6 is 27.3 Å². The molecule has 1 aromatic carbocycles. The molecule has 2 aromatic rings. The molecule has 0 amide bonds. The average molecular weight is 352 g/mol. The van der Waals surface area contributed by atoms with Crippen molar-refractivity contribution in [1.82, 2.24) is 4.90 Å². The van der Waals surface area contributed by atoms with Gasteiger partial charge in [0.1, 0.15) is 0 Å². The van der Waals surface area contributed by atoms with Crippen LogP contribution in [-0.4, -0.2) is 24.3 Å². The molecule has 0 fully saturated rings. The molecule has 4 heteroatoms. The Morgan fingerprint density at radius 3 is 2.70 bits per heavy atom. The summed E-state index contributed by atoms with van der Waals surface area (Å²) in [6.45, 7) is 1.88. The fourth-order valence-electron chi connectivity index (χ4n) is 2.06. The highest BCUT2D eigenvalue weighted by Gasteiger charge is 2.07. The molecule has 0 N–H and O–H groups in total. The number of nitrogens with zero attached hydrogens (tertiary/aromatic N) is 1. The minimum Gasteiger partial charge on any atom is -0.301 e. The lowest BCUT2D eigenvalue weighted by molar-refractivity contribution is 0.0976. The van der Waals surface area contributed by atoms with Gasteiger partial charge in [0.2, 0.25) is 0 Å². The summed E-state index contributed by atoms with van der Waals surface area (Å²) < 4.78 is 1.14. The van der Waals surface area contributed by atoms with E-state index in [1.54, 1.807) is 11.3 Å². The number of thiophene rings is 1. The lowest BCUT2D eigenvalue weighted by atomic mass is 10.1. The zero-order chi connectivity index (χ0) is 14.4. The molecule has 0 saturated carbocycles. The molecule has 0 bridgehead atoms. The van der Waals surface area contributed by atoms with Gasteiger partial charge in [-0.25, -0.2) is 0 Å². The lowest BCUT2D eigenvalue weighted by Gasteiger charge is -2.15. The molecule has 1 aromatic heterocycles. The molecule has 0 unspecified atom stereocenters. The summed E-state index contributed by atoms with van der Waals surface area (Å²) >= 11 is 5.23. The van der Waals surface area contributed by atoms with Crippen LogP contribution in [-0.2, 0) is 6.54 Å². The summed E-state index contributed by atoms with van der Waals surface area (Å²) in [5, 5.41) is 2.10. The Kier molecular flexibility index (Phi) is 5.95. The number of ketones is 1. The fraction of sp³-hybridized carbons (Fsp3) is 0.312. The predicted molar refractivity (Wildman–Crippen MR) is 88.4 cm³/mol. The first-order valence-corrected chi connectivity index (χ1v) is 8.32. The predicted octanol–water partition coefficient (Wildman–Crippen LogP) is 4.61. The van der Waals surface area contributed by atoms with E-state index in [1.807, 2.05) is 30.3 Å². The summed E-state index contributed by atoms with van der Waals surface area (Å²) in [6.07, 6.45) is 1.51. The van der Waals surface area contributed by atoms with Crippen LogP contribution in [0.5, 0.6) is 0 Å². The second kappa shape index (κ2) is 7.72. The van der Waals surface area contributed by atoms with E-state index in [1.165, 1.54) is 4.88 Å². The molecular formula is C16H18BrNOS. The molecule has 2 rings (SSSR count). The van der Waals surface area contributed by atoms with Crippen LogP contribution in [0.25, 0.3) is 0 Å². The van der Waals surface area contributed by atoms with Gasteiger partial charge in [0.05, 0.1) is 0 Å². The van der Waals surface area contributed by atoms with Gasteiger partial charge in [0.25, 0.3) is 0 Å². The molecular weight excluding hydrogens is 334 g/mol. The second-order valence-corrected chi connectivity index (χ2v) is 6.77. The Hall–Kier alpha value is -0.970. The lowest BCUT2D eigenvalue weighted by Crippen LogP contribution is -2.19. The summed E-state index contributed by atoms with van der Waals surface area (Å²) in [7, 11) is 2.10. The first kappa shape index (κ1) is 15.4. The molecule has 0 spiro atoms. The van der Waals surface area contributed by atoms with Crippen molar-refractivity contribution >= 4 is 33.0 Å². The first-order chi connectivity index (χ1) is 9.65. The van der Waals surface area contributed by atoms with Gasteiger partial charge in [-0.3, -0.25) is 4.79 Å². The number of carbonyl (C=O) groups is 1. The molecule has 0 aliphatic heterocycles. The van der Waals surface area contributed by atoms with E-state index in [9.17, 15) is 4.79 Å². The smallest absolute Gasteiger partial charge is 0.162 e. The van der Waals surface area contributed by atoms with Gasteiger partial charge in [-0.2, -0.15) is 0 Å². The Labute approximate surface area is 132 Å². The van der Waals surface area contributed by atoms with Gasteiger partial charge in [0.15, 0.2) is 5.78 Å². The normalized spacial score (nSPS) is 10.9. The van der Waals surface area contributed by atoms with E-state index in [0.29, 0.717) is 6.42 Å². The van der Waals surface area contributed by atoms with Crippen molar-refractivity contribution in [3.05, 3.63) is 56.7 Å². The van der Waals surface area contributed by atoms with Gasteiger partial charge in [-0.15, -0.1) is 11.3 Å². The highest BCUT2D eigenvalue weighted by molar-refractivity contribution is 9.10. The van der Waals surface area contributed by atoms with E-state index in [-0.39, 0.29) is 5.78 Å². The Morgan fingerprint density at radius 1 is 1.30 bits per heavy atom. The quantitative estimate of drug-likeness (QED) is 0.679. The van der Waals surface area contributed by atoms with Crippen molar-refractivity contribution in [2.24, 2.45) is 0 Å². The molecule has 0 aliphatic carbocycles. The molecule has 0 radical (unpaired) electrons. The van der Waals surface area contributed by atoms with E-state index in [0.717, 1.165) is 29.5 Å². The fourth-order valence-corrected chi connectivity index (χ4v) is 3.59. The van der Waals surface area contributed by atoms with Crippen LogP contribution in [0, 0.1) is 0 Å². The molecule has 0 saturated heterocycles. The van der Waals surface area contributed by atoms with Crippen LogP contribution in [0.4, 0.5) is 0 Å². The van der Waals surface area contributed by atoms with Crippen LogP contribution in [0.1, 0.15) is 28.1 Å². The largest absolute Gasteiger partial charge is 0.301 e. The van der Waals surface area contributed by atoms with Crippen LogP contribution < -0.4 is 0 Å². The minimum atomic E-state index is 0.234. The third-order valence-electron chi connectivity index (χ3n) is 3.09. The Balaban J connectivity index is 1.71. The van der Waals surface area contributed by atoms with Crippen molar-refractivity contribution in [2.75, 3.05) is 13.6 Å². The van der Waals surface area contributed by atoms with Crippen molar-refractivity contribution in [1.29, 1.82) is 0 Å². The van der Waals surface area contributed by atoms with Gasteiger partial charge < -0.3 is 4.90 Å². The van der Waals surface area contributed by atoms with Crippen LogP contribution in [0.15, 0.2) is 46.3 Å². The number of hydrogen-bond acceptors (Lipinski definition) is 3. The number of carbonyl (C=O) groups excluding carboxylic acids is 1. The molecule has 0 aliphatic rings. The van der Waals surface area contributed by atoms with Crippen LogP contribution in [0.2, 0.25) is 0 Å². The van der Waals surface area contributed by atoms with Gasteiger partial charge in [-0.05, 0) is 42.0 Å². The molecule has 106 valence electrons. The van der Waals surface area contributed by atoms with Crippen molar-refractivity contribution in [3.63, 3.8) is 0 Å². The zero-order valence-electron chi connectivity index (χ0n) is 11.5. The average Bonchev–Trinajstić information content (AvgIpc) is 2.85. The Bertz CT molecular complexity index is 553. The monoisotopic (exact) mass is 351 g/mol. The standard InChI is InChI=1S/C16H18BrNOS/c1-18(11-15-10-14(17)12-20-15)9-5-8-16(19)13-6-3-2-4-7-13/h2-4,6-7,10,12H,5,8-9,11H2,1H3. The maximum atomic E-state index is 12.0. The number of benzene rings is 1. The van der Waals surface area contributed by atoms with Crippen molar-refractivity contribution < 1.29 is 4.79 Å². The maximum Gasteiger partial charge on any atom is 0.162 e. The third kappa shape index (κ3) is 4.85. The maximum absolute atomic E-state index is 12.0. The first-order valence-electron chi connectivity index (χ1n) is 6.65. The highest BCUT2D eigenvalue weighted by Crippen LogP contribution is 2.20. The van der Waals surface area contributed by atoms with Crippen LogP contribution in [0.3, 0.4) is 0 Å². The number of hydrogen-bond donors (Lipinski definition) is 0. The molecule has 2 nitrogen and oxygen atoms in total. The van der Waals surface area contributed by atoms with E-state index < -0.39 is 0 Å². The van der Waals surface area contributed by atoms with Gasteiger partial charge in [0, 0.05) is 33.3 Å². The Morgan fingerprint density at radius 2 is 2.05 bits per heavy atom. The second-order valence-electron chi connectivity index (χ2n) is 4.86. The molecule has 1 heterocycles. The summed E-state index contributed by atoms with van der Waals surface area (Å²) in [4.78, 5) is 15.6. The molecule has 0 atom stereocenters. The number of rotatable bonds is 7. The summed E-state index contributed by atoms with van der Waals surface area (Å²) in [5.74, 6) is 0.234. The third-order valence-corrected chi connectivity index (χ3v) is 4.77. The van der Waals surface area contributed by atoms with Gasteiger partial charge >= 0.3 is 0 Å². The highest BCUT2D eigenvalue weighted by atomic mass is 79.9.